The normalized spacial score (nSPS) is 10.7. The molecule has 0 atom stereocenters. The van der Waals surface area contributed by atoms with Crippen molar-refractivity contribution in [3.05, 3.63) is 106 Å². The van der Waals surface area contributed by atoms with Crippen LogP contribution in [0.25, 0.3) is 17.1 Å². The van der Waals surface area contributed by atoms with Crippen LogP contribution in [0.2, 0.25) is 5.02 Å². The van der Waals surface area contributed by atoms with Gasteiger partial charge in [-0.25, -0.2) is 4.68 Å². The number of aryl methyl sites for hydroxylation is 1. The summed E-state index contributed by atoms with van der Waals surface area (Å²) < 4.78 is 1.53. The Labute approximate surface area is 240 Å². The first kappa shape index (κ1) is 27.2. The molecular formula is C29H24ClN9O2. The van der Waals surface area contributed by atoms with Crippen LogP contribution < -0.4 is 10.6 Å². The van der Waals surface area contributed by atoms with Gasteiger partial charge in [0, 0.05) is 34.8 Å². The number of benzene rings is 3. The van der Waals surface area contributed by atoms with Gasteiger partial charge in [0.05, 0.1) is 5.69 Å². The fourth-order valence-corrected chi connectivity index (χ4v) is 4.24. The van der Waals surface area contributed by atoms with Gasteiger partial charge in [-0.3, -0.25) is 9.59 Å². The summed E-state index contributed by atoms with van der Waals surface area (Å²) >= 11 is 6.07. The number of hydrogen-bond acceptors (Lipinski definition) is 8. The van der Waals surface area contributed by atoms with Crippen LogP contribution in [0, 0.1) is 18.3 Å². The quantitative estimate of drug-likeness (QED) is 0.167. The third-order valence-corrected chi connectivity index (χ3v) is 6.53. The second kappa shape index (κ2) is 12.2. The molecule has 0 saturated heterocycles. The second-order valence-electron chi connectivity index (χ2n) is 9.12. The monoisotopic (exact) mass is 565 g/mol. The maximum absolute atomic E-state index is 13.3. The third-order valence-electron chi connectivity index (χ3n) is 6.28. The molecule has 0 aliphatic heterocycles. The molecule has 0 aliphatic carbocycles. The molecule has 0 saturated carbocycles. The van der Waals surface area contributed by atoms with Crippen molar-refractivity contribution in [2.45, 2.75) is 13.3 Å². The summed E-state index contributed by atoms with van der Waals surface area (Å²) in [4.78, 5) is 25.9. The van der Waals surface area contributed by atoms with Crippen LogP contribution in [-0.2, 0) is 0 Å². The Hall–Kier alpha value is -5.34. The minimum Gasteiger partial charge on any atom is -0.369 e. The number of nitrogens with one attached hydrogen (secondary N) is 3. The molecular weight excluding hydrogens is 542 g/mol. The summed E-state index contributed by atoms with van der Waals surface area (Å²) in [6.45, 7) is 2.72. The predicted octanol–water partition coefficient (Wildman–Crippen LogP) is 4.35. The molecule has 3 N–H and O–H groups in total. The van der Waals surface area contributed by atoms with E-state index in [1.54, 1.807) is 60.7 Å². The Kier molecular flexibility index (Phi) is 8.13. The van der Waals surface area contributed by atoms with Gasteiger partial charge in [0.1, 0.15) is 17.5 Å². The number of nitrogens with zero attached hydrogens (tertiary/aromatic N) is 6. The highest BCUT2D eigenvalue weighted by Crippen LogP contribution is 2.26. The predicted molar refractivity (Wildman–Crippen MR) is 153 cm³/mol. The number of nitriles is 1. The number of carbonyl (C=O) groups is 2. The number of aromatic amines is 1. The Balaban J connectivity index is 1.28. The van der Waals surface area contributed by atoms with E-state index < -0.39 is 0 Å². The molecule has 0 unspecified atom stereocenters. The largest absolute Gasteiger partial charge is 0.369 e. The molecule has 12 heteroatoms. The minimum atomic E-state index is -0.352. The average molecular weight is 566 g/mol. The number of hydrogen-bond donors (Lipinski definition) is 3. The summed E-state index contributed by atoms with van der Waals surface area (Å²) in [5.41, 5.74) is 3.51. The van der Waals surface area contributed by atoms with Crippen molar-refractivity contribution in [3.63, 3.8) is 0 Å². The minimum absolute atomic E-state index is 0.0476. The van der Waals surface area contributed by atoms with Gasteiger partial charge >= 0.3 is 0 Å². The Morgan fingerprint density at radius 2 is 1.68 bits per heavy atom. The number of carbonyl (C=O) groups excluding carboxylic acids is 2. The molecule has 1 amide bonds. The molecule has 5 aromatic rings. The van der Waals surface area contributed by atoms with E-state index in [0.717, 1.165) is 11.1 Å². The lowest BCUT2D eigenvalue weighted by molar-refractivity contribution is 0.0952. The maximum Gasteiger partial charge on any atom is 0.251 e. The van der Waals surface area contributed by atoms with Crippen molar-refractivity contribution < 1.29 is 9.59 Å². The van der Waals surface area contributed by atoms with Gasteiger partial charge in [-0.2, -0.15) is 15.6 Å². The van der Waals surface area contributed by atoms with Gasteiger partial charge in [-0.05, 0) is 55.0 Å². The molecule has 0 bridgehead atoms. The van der Waals surface area contributed by atoms with Crippen LogP contribution in [0.1, 0.15) is 44.0 Å². The average Bonchev–Trinajstić information content (AvgIpc) is 3.66. The summed E-state index contributed by atoms with van der Waals surface area (Å²) in [5.74, 6) is 0.254. The summed E-state index contributed by atoms with van der Waals surface area (Å²) in [6.07, 6.45) is 0.546. The molecule has 0 fully saturated rings. The van der Waals surface area contributed by atoms with Crippen molar-refractivity contribution in [2.75, 3.05) is 18.4 Å². The van der Waals surface area contributed by atoms with E-state index in [-0.39, 0.29) is 22.9 Å². The van der Waals surface area contributed by atoms with E-state index in [0.29, 0.717) is 53.0 Å². The molecule has 11 nitrogen and oxygen atoms in total. The molecule has 2 aromatic heterocycles. The molecule has 2 heterocycles. The van der Waals surface area contributed by atoms with Crippen molar-refractivity contribution in [2.24, 2.45) is 0 Å². The molecule has 0 spiro atoms. The zero-order valence-corrected chi connectivity index (χ0v) is 22.7. The van der Waals surface area contributed by atoms with Crippen molar-refractivity contribution in [3.8, 4) is 23.1 Å². The standard InChI is InChI=1S/C29H24ClN9O2/c1-18-3-5-19(6-4-18)26(40)25-24(17-31)28(39(36-25)23-13-11-22(30)12-14-23)32-15-2-16-33-29(41)21-9-7-20(8-10-21)27-34-37-38-35-27/h3-14,32H,2,15-16H2,1H3,(H,33,41)(H,34,35,37,38). The zero-order chi connectivity index (χ0) is 28.8. The van der Waals surface area contributed by atoms with Crippen LogP contribution in [-0.4, -0.2) is 55.2 Å². The van der Waals surface area contributed by atoms with Crippen LogP contribution in [0.5, 0.6) is 0 Å². The van der Waals surface area contributed by atoms with E-state index in [1.807, 2.05) is 19.1 Å². The first-order chi connectivity index (χ1) is 19.9. The van der Waals surface area contributed by atoms with E-state index >= 15 is 0 Å². The van der Waals surface area contributed by atoms with Crippen molar-refractivity contribution in [1.29, 1.82) is 5.26 Å². The fourth-order valence-electron chi connectivity index (χ4n) is 4.11. The van der Waals surface area contributed by atoms with Crippen LogP contribution in [0.15, 0.2) is 72.8 Å². The number of rotatable bonds is 10. The van der Waals surface area contributed by atoms with Gasteiger partial charge < -0.3 is 10.6 Å². The van der Waals surface area contributed by atoms with E-state index in [9.17, 15) is 14.9 Å². The molecule has 0 radical (unpaired) electrons. The molecule has 5 rings (SSSR count). The van der Waals surface area contributed by atoms with Gasteiger partial charge in [-0.15, -0.1) is 10.2 Å². The maximum atomic E-state index is 13.3. The topological polar surface area (TPSA) is 154 Å². The van der Waals surface area contributed by atoms with Crippen LogP contribution >= 0.6 is 11.6 Å². The lowest BCUT2D eigenvalue weighted by Gasteiger charge is -2.11. The third kappa shape index (κ3) is 6.13. The smallest absolute Gasteiger partial charge is 0.251 e. The van der Waals surface area contributed by atoms with Gasteiger partial charge in [0.2, 0.25) is 11.6 Å². The van der Waals surface area contributed by atoms with E-state index in [2.05, 4.69) is 42.4 Å². The zero-order valence-electron chi connectivity index (χ0n) is 21.9. The van der Waals surface area contributed by atoms with Crippen LogP contribution in [0.3, 0.4) is 0 Å². The first-order valence-corrected chi connectivity index (χ1v) is 13.1. The second-order valence-corrected chi connectivity index (χ2v) is 9.55. The number of halogens is 1. The molecule has 3 aromatic carbocycles. The summed E-state index contributed by atoms with van der Waals surface area (Å²) in [7, 11) is 0. The summed E-state index contributed by atoms with van der Waals surface area (Å²) in [5, 5.41) is 35.0. The molecule has 0 aliphatic rings. The number of aromatic nitrogens is 6. The highest BCUT2D eigenvalue weighted by atomic mass is 35.5. The van der Waals surface area contributed by atoms with Crippen molar-refractivity contribution in [1.82, 2.24) is 35.7 Å². The lowest BCUT2D eigenvalue weighted by atomic mass is 10.0. The van der Waals surface area contributed by atoms with E-state index in [1.165, 1.54) is 4.68 Å². The fraction of sp³-hybridized carbons (Fsp3) is 0.138. The van der Waals surface area contributed by atoms with Crippen molar-refractivity contribution >= 4 is 29.1 Å². The van der Waals surface area contributed by atoms with Gasteiger partial charge in [0.15, 0.2) is 5.69 Å². The Morgan fingerprint density at radius 3 is 2.34 bits per heavy atom. The SMILES string of the molecule is Cc1ccc(C(=O)c2nn(-c3ccc(Cl)cc3)c(NCCCNC(=O)c3ccc(-c4nn[nH]n4)cc3)c2C#N)cc1. The van der Waals surface area contributed by atoms with Crippen LogP contribution in [0.4, 0.5) is 5.82 Å². The number of tetrazole rings is 1. The number of anilines is 1. The number of H-pyrrole nitrogens is 1. The highest BCUT2D eigenvalue weighted by molar-refractivity contribution is 6.30. The van der Waals surface area contributed by atoms with E-state index in [4.69, 9.17) is 11.6 Å². The first-order valence-electron chi connectivity index (χ1n) is 12.7. The highest BCUT2D eigenvalue weighted by Gasteiger charge is 2.25. The Bertz CT molecular complexity index is 1700. The molecule has 204 valence electrons. The number of amides is 1. The Morgan fingerprint density at radius 1 is 0.976 bits per heavy atom. The number of ketones is 1. The van der Waals surface area contributed by atoms with Gasteiger partial charge in [-0.1, -0.05) is 53.6 Å². The summed E-state index contributed by atoms with van der Waals surface area (Å²) in [6, 6.07) is 23.1. The van der Waals surface area contributed by atoms with Gasteiger partial charge in [0.25, 0.3) is 5.91 Å². The molecule has 41 heavy (non-hydrogen) atoms. The lowest BCUT2D eigenvalue weighted by Crippen LogP contribution is -2.26.